The van der Waals surface area contributed by atoms with E-state index in [0.29, 0.717) is 22.9 Å². The minimum atomic E-state index is -0.0467. The van der Waals surface area contributed by atoms with Crippen molar-refractivity contribution >= 4 is 22.2 Å². The number of nitriles is 1. The fourth-order valence-electron chi connectivity index (χ4n) is 2.48. The molecule has 0 saturated carbocycles. The van der Waals surface area contributed by atoms with Gasteiger partial charge in [-0.2, -0.15) is 5.26 Å². The van der Waals surface area contributed by atoms with Crippen molar-refractivity contribution in [1.82, 2.24) is 4.90 Å². The summed E-state index contributed by atoms with van der Waals surface area (Å²) in [5.74, 6) is 0.514. The minimum Gasteiger partial charge on any atom is -0.396 e. The molecule has 0 aliphatic carbocycles. The Hall–Kier alpha value is -1.42. The molecule has 6 heteroatoms. The van der Waals surface area contributed by atoms with Crippen LogP contribution in [-0.4, -0.2) is 42.2 Å². The van der Waals surface area contributed by atoms with Crippen LogP contribution in [0.2, 0.25) is 0 Å². The van der Waals surface area contributed by atoms with Gasteiger partial charge in [-0.25, -0.2) is 0 Å². The molecule has 1 aromatic heterocycles. The molecule has 0 aromatic carbocycles. The van der Waals surface area contributed by atoms with Crippen LogP contribution < -0.4 is 5.32 Å². The number of anilines is 1. The van der Waals surface area contributed by atoms with Crippen molar-refractivity contribution in [3.05, 3.63) is 17.0 Å². The Bertz CT molecular complexity index is 495. The monoisotopic (exact) mass is 293 g/mol. The molecule has 2 rings (SSSR count). The Kier molecular flexibility index (Phi) is 5.53. The van der Waals surface area contributed by atoms with E-state index in [9.17, 15) is 4.79 Å². The van der Waals surface area contributed by atoms with Crippen LogP contribution in [0.4, 0.5) is 5.00 Å². The highest BCUT2D eigenvalue weighted by atomic mass is 32.1. The molecule has 1 aliphatic rings. The third kappa shape index (κ3) is 4.04. The number of hydrogen-bond donors (Lipinski definition) is 2. The van der Waals surface area contributed by atoms with E-state index in [0.717, 1.165) is 32.5 Å². The lowest BCUT2D eigenvalue weighted by atomic mass is 10.1. The van der Waals surface area contributed by atoms with Crippen LogP contribution in [0, 0.1) is 17.2 Å². The standard InChI is InChI=1S/C14H19N3O2S/c15-9-12-4-8-20-14(12)16-13(19)2-6-17-5-1-11(10-17)3-7-18/h4,8,11,18H,1-3,5-7,10H2,(H,16,19). The zero-order valence-corrected chi connectivity index (χ0v) is 12.2. The zero-order valence-electron chi connectivity index (χ0n) is 11.3. The number of aliphatic hydroxyl groups is 1. The Balaban J connectivity index is 1.72. The maximum Gasteiger partial charge on any atom is 0.226 e. The molecule has 1 aromatic rings. The lowest BCUT2D eigenvalue weighted by molar-refractivity contribution is -0.116. The van der Waals surface area contributed by atoms with Gasteiger partial charge < -0.3 is 15.3 Å². The number of thiophene rings is 1. The number of nitrogens with one attached hydrogen (secondary N) is 1. The van der Waals surface area contributed by atoms with Crippen molar-refractivity contribution in [3.8, 4) is 6.07 Å². The van der Waals surface area contributed by atoms with Crippen LogP contribution in [-0.2, 0) is 4.79 Å². The molecule has 1 unspecified atom stereocenters. The summed E-state index contributed by atoms with van der Waals surface area (Å²) in [5.41, 5.74) is 0.521. The molecular formula is C14H19N3O2S. The first-order valence-electron chi connectivity index (χ1n) is 6.83. The van der Waals surface area contributed by atoms with Gasteiger partial charge in [0.2, 0.25) is 5.91 Å². The molecule has 20 heavy (non-hydrogen) atoms. The minimum absolute atomic E-state index is 0.0467. The first-order chi connectivity index (χ1) is 9.72. The van der Waals surface area contributed by atoms with E-state index < -0.39 is 0 Å². The lowest BCUT2D eigenvalue weighted by Gasteiger charge is -2.15. The van der Waals surface area contributed by atoms with E-state index in [1.165, 1.54) is 11.3 Å². The summed E-state index contributed by atoms with van der Waals surface area (Å²) in [6.07, 6.45) is 2.39. The Morgan fingerprint density at radius 1 is 1.65 bits per heavy atom. The maximum atomic E-state index is 11.9. The topological polar surface area (TPSA) is 76.4 Å². The van der Waals surface area contributed by atoms with Crippen molar-refractivity contribution in [1.29, 1.82) is 5.26 Å². The van der Waals surface area contributed by atoms with Gasteiger partial charge in [0.15, 0.2) is 0 Å². The van der Waals surface area contributed by atoms with Crippen molar-refractivity contribution in [2.75, 3.05) is 31.6 Å². The number of carbonyl (C=O) groups is 1. The molecular weight excluding hydrogens is 274 g/mol. The van der Waals surface area contributed by atoms with Gasteiger partial charge >= 0.3 is 0 Å². The zero-order chi connectivity index (χ0) is 14.4. The highest BCUT2D eigenvalue weighted by Crippen LogP contribution is 2.23. The maximum absolute atomic E-state index is 11.9. The van der Waals surface area contributed by atoms with E-state index >= 15 is 0 Å². The van der Waals surface area contributed by atoms with Crippen molar-refractivity contribution < 1.29 is 9.90 Å². The fourth-order valence-corrected chi connectivity index (χ4v) is 3.23. The van der Waals surface area contributed by atoms with Gasteiger partial charge in [-0.05, 0) is 36.8 Å². The normalized spacial score (nSPS) is 18.9. The fraction of sp³-hybridized carbons (Fsp3) is 0.571. The molecule has 1 atom stereocenters. The summed E-state index contributed by atoms with van der Waals surface area (Å²) < 4.78 is 0. The van der Waals surface area contributed by atoms with Gasteiger partial charge in [-0.15, -0.1) is 11.3 Å². The van der Waals surface area contributed by atoms with E-state index in [2.05, 4.69) is 16.3 Å². The smallest absolute Gasteiger partial charge is 0.226 e. The molecule has 2 heterocycles. The molecule has 2 N–H and O–H groups in total. The van der Waals surface area contributed by atoms with Crippen LogP contribution in [0.1, 0.15) is 24.8 Å². The molecule has 1 fully saturated rings. The highest BCUT2D eigenvalue weighted by Gasteiger charge is 2.22. The number of likely N-dealkylation sites (tertiary alicyclic amines) is 1. The quantitative estimate of drug-likeness (QED) is 0.836. The van der Waals surface area contributed by atoms with Crippen LogP contribution in [0.15, 0.2) is 11.4 Å². The molecule has 1 saturated heterocycles. The first-order valence-corrected chi connectivity index (χ1v) is 7.71. The summed E-state index contributed by atoms with van der Waals surface area (Å²) in [7, 11) is 0. The number of nitrogens with zero attached hydrogens (tertiary/aromatic N) is 2. The van der Waals surface area contributed by atoms with E-state index in [-0.39, 0.29) is 12.5 Å². The van der Waals surface area contributed by atoms with Gasteiger partial charge in [0, 0.05) is 26.1 Å². The molecule has 5 nitrogen and oxygen atoms in total. The van der Waals surface area contributed by atoms with Crippen molar-refractivity contribution in [2.45, 2.75) is 19.3 Å². The van der Waals surface area contributed by atoms with Gasteiger partial charge in [-0.1, -0.05) is 0 Å². The Labute approximate surface area is 122 Å². The van der Waals surface area contributed by atoms with E-state index in [1.807, 2.05) is 0 Å². The number of carbonyl (C=O) groups excluding carboxylic acids is 1. The summed E-state index contributed by atoms with van der Waals surface area (Å²) in [6.45, 7) is 2.95. The third-order valence-electron chi connectivity index (χ3n) is 3.60. The molecule has 0 bridgehead atoms. The molecule has 0 spiro atoms. The second-order valence-electron chi connectivity index (χ2n) is 5.04. The van der Waals surface area contributed by atoms with Gasteiger partial charge in [0.25, 0.3) is 0 Å². The summed E-state index contributed by atoms with van der Waals surface area (Å²) in [6, 6.07) is 3.77. The Morgan fingerprint density at radius 2 is 2.50 bits per heavy atom. The average molecular weight is 293 g/mol. The number of aliphatic hydroxyl groups excluding tert-OH is 1. The molecule has 108 valence electrons. The molecule has 1 amide bonds. The SMILES string of the molecule is N#Cc1ccsc1NC(=O)CCN1CCC(CCO)C1. The van der Waals surface area contributed by atoms with E-state index in [4.69, 9.17) is 10.4 Å². The van der Waals surface area contributed by atoms with Gasteiger partial charge in [0.05, 0.1) is 5.56 Å². The highest BCUT2D eigenvalue weighted by molar-refractivity contribution is 7.14. The number of amides is 1. The first kappa shape index (κ1) is 15.0. The average Bonchev–Trinajstić information content (AvgIpc) is 3.06. The van der Waals surface area contributed by atoms with Crippen LogP contribution >= 0.6 is 11.3 Å². The van der Waals surface area contributed by atoms with Crippen molar-refractivity contribution in [3.63, 3.8) is 0 Å². The number of rotatable bonds is 6. The number of hydrogen-bond acceptors (Lipinski definition) is 5. The van der Waals surface area contributed by atoms with Crippen LogP contribution in [0.5, 0.6) is 0 Å². The molecule has 1 aliphatic heterocycles. The largest absolute Gasteiger partial charge is 0.396 e. The van der Waals surface area contributed by atoms with E-state index in [1.54, 1.807) is 11.4 Å². The predicted octanol–water partition coefficient (Wildman–Crippen LogP) is 1.65. The lowest BCUT2D eigenvalue weighted by Crippen LogP contribution is -2.26. The van der Waals surface area contributed by atoms with Crippen LogP contribution in [0.25, 0.3) is 0 Å². The predicted molar refractivity (Wildman–Crippen MR) is 78.5 cm³/mol. The Morgan fingerprint density at radius 3 is 3.25 bits per heavy atom. The van der Waals surface area contributed by atoms with Crippen LogP contribution in [0.3, 0.4) is 0 Å². The van der Waals surface area contributed by atoms with Crippen molar-refractivity contribution in [2.24, 2.45) is 5.92 Å². The second-order valence-corrected chi connectivity index (χ2v) is 5.96. The summed E-state index contributed by atoms with van der Waals surface area (Å²) >= 11 is 1.37. The second kappa shape index (κ2) is 7.39. The summed E-state index contributed by atoms with van der Waals surface area (Å²) in [5, 5.41) is 23.0. The van der Waals surface area contributed by atoms with Gasteiger partial charge in [-0.3, -0.25) is 4.79 Å². The molecule has 0 radical (unpaired) electrons. The van der Waals surface area contributed by atoms with Gasteiger partial charge in [0.1, 0.15) is 11.1 Å². The third-order valence-corrected chi connectivity index (χ3v) is 4.43. The summed E-state index contributed by atoms with van der Waals surface area (Å²) in [4.78, 5) is 14.1.